The molecule has 0 bridgehead atoms. The van der Waals surface area contributed by atoms with Crippen LogP contribution in [0.4, 0.5) is 0 Å². The highest BCUT2D eigenvalue weighted by Crippen LogP contribution is 2.56. The molecule has 0 saturated heterocycles. The summed E-state index contributed by atoms with van der Waals surface area (Å²) < 4.78 is 5.54. The number of carbonyl (C=O) groups is 1. The van der Waals surface area contributed by atoms with Crippen molar-refractivity contribution >= 4 is 23.2 Å². The molecule has 1 aliphatic heterocycles. The van der Waals surface area contributed by atoms with E-state index in [2.05, 4.69) is 17.1 Å². The number of Topliss-reactive ketones (excluding diaryl/α,β-unsaturated/α-hetero) is 1. The van der Waals surface area contributed by atoms with E-state index in [9.17, 15) is 4.79 Å². The highest BCUT2D eigenvalue weighted by atomic mass is 35.5. The van der Waals surface area contributed by atoms with Gasteiger partial charge in [-0.1, -0.05) is 35.9 Å². The number of pyridine rings is 1. The molecule has 2 aromatic rings. The van der Waals surface area contributed by atoms with Gasteiger partial charge in [-0.25, -0.2) is 0 Å². The van der Waals surface area contributed by atoms with Crippen LogP contribution in [0.25, 0.3) is 0 Å². The van der Waals surface area contributed by atoms with Gasteiger partial charge in [0.2, 0.25) is 0 Å². The number of hydrogen-bond donors (Lipinski definition) is 1. The highest BCUT2D eigenvalue weighted by molar-refractivity contribution is 6.30. The number of amidine groups is 1. The van der Waals surface area contributed by atoms with E-state index < -0.39 is 0 Å². The fraction of sp³-hybridized carbons (Fsp3) is 0.316. The second-order valence-corrected chi connectivity index (χ2v) is 7.04. The van der Waals surface area contributed by atoms with Crippen molar-refractivity contribution in [1.82, 2.24) is 4.98 Å². The Balaban J connectivity index is 1.57. The Morgan fingerprint density at radius 2 is 2.24 bits per heavy atom. The van der Waals surface area contributed by atoms with Gasteiger partial charge in [0, 0.05) is 18.5 Å². The summed E-state index contributed by atoms with van der Waals surface area (Å²) in [5, 5.41) is 0.517. The number of carbonyl (C=O) groups excluding carboxylic acids is 1. The normalized spacial score (nSPS) is 24.8. The number of fused-ring (bicyclic) bond motifs is 1. The number of rotatable bonds is 4. The molecule has 0 radical (unpaired) electrons. The lowest BCUT2D eigenvalue weighted by atomic mass is 9.97. The summed E-state index contributed by atoms with van der Waals surface area (Å²) in [4.78, 5) is 21.2. The van der Waals surface area contributed by atoms with Crippen molar-refractivity contribution in [2.75, 3.05) is 13.2 Å². The maximum absolute atomic E-state index is 12.4. The Morgan fingerprint density at radius 3 is 3.04 bits per heavy atom. The van der Waals surface area contributed by atoms with Crippen molar-refractivity contribution in [2.24, 2.45) is 16.6 Å². The number of aromatic nitrogens is 1. The Bertz CT molecular complexity index is 850. The predicted octanol–water partition coefficient (Wildman–Crippen LogP) is 2.76. The molecular weight excluding hydrogens is 338 g/mol. The van der Waals surface area contributed by atoms with Gasteiger partial charge < -0.3 is 10.5 Å². The molecule has 2 N–H and O–H groups in total. The zero-order valence-corrected chi connectivity index (χ0v) is 14.4. The van der Waals surface area contributed by atoms with E-state index in [1.807, 2.05) is 12.1 Å². The monoisotopic (exact) mass is 355 g/mol. The Kier molecular flexibility index (Phi) is 4.06. The molecule has 25 heavy (non-hydrogen) atoms. The van der Waals surface area contributed by atoms with Crippen LogP contribution in [-0.4, -0.2) is 29.8 Å². The van der Waals surface area contributed by atoms with Gasteiger partial charge in [-0.05, 0) is 29.7 Å². The molecule has 0 unspecified atom stereocenters. The molecule has 128 valence electrons. The largest absolute Gasteiger partial charge is 0.386 e. The number of benzene rings is 1. The second kappa shape index (κ2) is 6.24. The van der Waals surface area contributed by atoms with Crippen molar-refractivity contribution in [1.29, 1.82) is 0 Å². The fourth-order valence-electron chi connectivity index (χ4n) is 3.43. The quantitative estimate of drug-likeness (QED) is 0.855. The Labute approximate surface area is 150 Å². The van der Waals surface area contributed by atoms with Crippen LogP contribution in [0.15, 0.2) is 47.6 Å². The summed E-state index contributed by atoms with van der Waals surface area (Å²) >= 11 is 5.82. The zero-order chi connectivity index (χ0) is 17.4. The number of halogens is 1. The molecule has 2 aliphatic rings. The minimum absolute atomic E-state index is 0.0362. The Morgan fingerprint density at radius 1 is 1.36 bits per heavy atom. The molecule has 4 rings (SSSR count). The van der Waals surface area contributed by atoms with Gasteiger partial charge >= 0.3 is 0 Å². The van der Waals surface area contributed by atoms with Crippen LogP contribution in [0.3, 0.4) is 0 Å². The number of ketones is 1. The standard InChI is InChI=1S/C19H18ClN3O2/c20-15-4-5-16(22-9-15)17(24)7-12-2-1-3-13(6-12)19-8-14(19)10-25-11-18(21)23-19/h1-6,9,14H,7-8,10-11H2,(H2,21,23)/t14-,19+/m0/s1. The van der Waals surface area contributed by atoms with Crippen molar-refractivity contribution in [3.63, 3.8) is 0 Å². The number of hydrogen-bond acceptors (Lipinski definition) is 5. The number of ether oxygens (including phenoxy) is 1. The minimum Gasteiger partial charge on any atom is -0.386 e. The van der Waals surface area contributed by atoms with Crippen LogP contribution < -0.4 is 5.73 Å². The highest BCUT2D eigenvalue weighted by Gasteiger charge is 2.56. The topological polar surface area (TPSA) is 77.6 Å². The van der Waals surface area contributed by atoms with E-state index in [4.69, 9.17) is 27.1 Å². The van der Waals surface area contributed by atoms with Crippen LogP contribution in [0.5, 0.6) is 0 Å². The van der Waals surface area contributed by atoms with E-state index in [0.29, 0.717) is 42.1 Å². The molecular formula is C19H18ClN3O2. The third kappa shape index (κ3) is 3.17. The molecule has 1 fully saturated rings. The van der Waals surface area contributed by atoms with Crippen LogP contribution >= 0.6 is 11.6 Å². The first-order valence-electron chi connectivity index (χ1n) is 8.23. The fourth-order valence-corrected chi connectivity index (χ4v) is 3.54. The van der Waals surface area contributed by atoms with Crippen LogP contribution in [-0.2, 0) is 16.7 Å². The summed E-state index contributed by atoms with van der Waals surface area (Å²) in [6, 6.07) is 11.3. The molecule has 1 aromatic carbocycles. The number of nitrogens with zero attached hydrogens (tertiary/aromatic N) is 2. The third-order valence-electron chi connectivity index (χ3n) is 4.79. The van der Waals surface area contributed by atoms with E-state index >= 15 is 0 Å². The molecule has 1 saturated carbocycles. The van der Waals surface area contributed by atoms with Gasteiger partial charge in [-0.3, -0.25) is 14.8 Å². The lowest BCUT2D eigenvalue weighted by Gasteiger charge is -2.13. The average Bonchev–Trinajstić information content (AvgIpc) is 3.30. The zero-order valence-electron chi connectivity index (χ0n) is 13.6. The van der Waals surface area contributed by atoms with Crippen LogP contribution in [0.2, 0.25) is 5.02 Å². The van der Waals surface area contributed by atoms with Crippen molar-refractivity contribution < 1.29 is 9.53 Å². The van der Waals surface area contributed by atoms with Gasteiger partial charge in [0.15, 0.2) is 5.78 Å². The molecule has 2 heterocycles. The SMILES string of the molecule is NC1=N[C@@]2(c3cccc(CC(=O)c4ccc(Cl)cn4)c3)C[C@H]2COC1. The Hall–Kier alpha value is -2.24. The molecule has 5 nitrogen and oxygen atoms in total. The van der Waals surface area contributed by atoms with Gasteiger partial charge in [0.05, 0.1) is 17.2 Å². The molecule has 2 atom stereocenters. The van der Waals surface area contributed by atoms with E-state index in [0.717, 1.165) is 17.5 Å². The van der Waals surface area contributed by atoms with Crippen molar-refractivity contribution in [3.05, 3.63) is 64.4 Å². The third-order valence-corrected chi connectivity index (χ3v) is 5.01. The van der Waals surface area contributed by atoms with Gasteiger partial charge in [-0.2, -0.15) is 0 Å². The summed E-state index contributed by atoms with van der Waals surface area (Å²) in [6.45, 7) is 1.06. The van der Waals surface area contributed by atoms with Crippen molar-refractivity contribution in [3.8, 4) is 0 Å². The van der Waals surface area contributed by atoms with Crippen LogP contribution in [0, 0.1) is 5.92 Å². The lowest BCUT2D eigenvalue weighted by Crippen LogP contribution is -2.20. The van der Waals surface area contributed by atoms with E-state index in [1.54, 1.807) is 12.1 Å². The van der Waals surface area contributed by atoms with E-state index in [1.165, 1.54) is 6.20 Å². The van der Waals surface area contributed by atoms with Crippen molar-refractivity contribution in [2.45, 2.75) is 18.4 Å². The summed E-state index contributed by atoms with van der Waals surface area (Å²) in [6.07, 6.45) is 2.71. The maximum Gasteiger partial charge on any atom is 0.185 e. The first-order chi connectivity index (χ1) is 12.1. The van der Waals surface area contributed by atoms with Gasteiger partial charge in [0.1, 0.15) is 18.1 Å². The molecule has 6 heteroatoms. The van der Waals surface area contributed by atoms with Crippen LogP contribution in [0.1, 0.15) is 28.0 Å². The number of nitrogens with two attached hydrogens (primary N) is 1. The summed E-state index contributed by atoms with van der Waals surface area (Å²) in [7, 11) is 0. The summed E-state index contributed by atoms with van der Waals surface area (Å²) in [5.41, 5.74) is 8.11. The predicted molar refractivity (Wildman–Crippen MR) is 95.9 cm³/mol. The molecule has 1 aromatic heterocycles. The lowest BCUT2D eigenvalue weighted by molar-refractivity contribution is 0.0988. The smallest absolute Gasteiger partial charge is 0.185 e. The van der Waals surface area contributed by atoms with E-state index in [-0.39, 0.29) is 11.3 Å². The first-order valence-corrected chi connectivity index (χ1v) is 8.61. The molecule has 1 aliphatic carbocycles. The second-order valence-electron chi connectivity index (χ2n) is 6.61. The average molecular weight is 356 g/mol. The first kappa shape index (κ1) is 16.2. The number of aliphatic imine (C=N–C) groups is 1. The van der Waals surface area contributed by atoms with Gasteiger partial charge in [-0.15, -0.1) is 0 Å². The molecule has 0 amide bonds. The summed E-state index contributed by atoms with van der Waals surface area (Å²) in [5.74, 6) is 0.857. The maximum atomic E-state index is 12.4. The molecule has 0 spiro atoms. The van der Waals surface area contributed by atoms with Gasteiger partial charge in [0.25, 0.3) is 0 Å². The minimum atomic E-state index is -0.280.